The molecule has 0 spiro atoms. The second-order valence-electron chi connectivity index (χ2n) is 6.07. The minimum absolute atomic E-state index is 0.00755. The molecule has 114 valence electrons. The zero-order valence-electron chi connectivity index (χ0n) is 13.2. The number of nitrogens with zero attached hydrogens (tertiary/aromatic N) is 2. The van der Waals surface area contributed by atoms with Crippen LogP contribution in [0, 0.1) is 0 Å². The molecule has 0 N–H and O–H groups in total. The van der Waals surface area contributed by atoms with Gasteiger partial charge in [-0.05, 0) is 38.8 Å². The predicted octanol–water partition coefficient (Wildman–Crippen LogP) is 4.62. The first kappa shape index (κ1) is 16.0. The van der Waals surface area contributed by atoms with Crippen LogP contribution in [0.2, 0.25) is 0 Å². The van der Waals surface area contributed by atoms with E-state index in [1.807, 2.05) is 31.2 Å². The molecule has 2 aromatic rings. The molecule has 0 saturated carbocycles. The molecular weight excluding hydrogens is 284 g/mol. The van der Waals surface area contributed by atoms with Crippen molar-refractivity contribution >= 4 is 22.5 Å². The largest absolute Gasteiger partial charge is 0.289 e. The molecule has 0 bridgehead atoms. The molecule has 0 fully saturated rings. The zero-order chi connectivity index (χ0) is 15.6. The van der Waals surface area contributed by atoms with Gasteiger partial charge in [0.05, 0.1) is 16.3 Å². The van der Waals surface area contributed by atoms with Crippen molar-refractivity contribution in [1.29, 1.82) is 0 Å². The van der Waals surface area contributed by atoms with E-state index < -0.39 is 0 Å². The van der Waals surface area contributed by atoms with Gasteiger partial charge in [-0.3, -0.25) is 9.36 Å². The smallest absolute Gasteiger partial charge is 0.261 e. The van der Waals surface area contributed by atoms with E-state index in [0.717, 1.165) is 24.8 Å². The lowest BCUT2D eigenvalue weighted by Gasteiger charge is -2.31. The Morgan fingerprint density at radius 3 is 2.57 bits per heavy atom. The van der Waals surface area contributed by atoms with Gasteiger partial charge >= 0.3 is 0 Å². The highest BCUT2D eigenvalue weighted by molar-refractivity contribution is 6.20. The van der Waals surface area contributed by atoms with E-state index in [-0.39, 0.29) is 16.5 Å². The molecule has 4 heteroatoms. The summed E-state index contributed by atoms with van der Waals surface area (Å²) < 4.78 is 1.81. The van der Waals surface area contributed by atoms with E-state index in [1.54, 1.807) is 4.57 Å². The van der Waals surface area contributed by atoms with E-state index in [4.69, 9.17) is 11.6 Å². The maximum absolute atomic E-state index is 13.0. The van der Waals surface area contributed by atoms with Gasteiger partial charge < -0.3 is 0 Å². The SMILES string of the molecule is CCCC(C)(C)n1c(C(Cl)CC)nc2ccccc2c1=O. The van der Waals surface area contributed by atoms with Crippen molar-refractivity contribution in [1.82, 2.24) is 9.55 Å². The normalized spacial score (nSPS) is 13.6. The molecule has 0 aliphatic heterocycles. The van der Waals surface area contributed by atoms with Crippen molar-refractivity contribution in [3.05, 3.63) is 40.4 Å². The van der Waals surface area contributed by atoms with Crippen molar-refractivity contribution in [2.24, 2.45) is 0 Å². The van der Waals surface area contributed by atoms with Gasteiger partial charge in [-0.25, -0.2) is 4.98 Å². The number of fused-ring (bicyclic) bond motifs is 1. The van der Waals surface area contributed by atoms with Crippen LogP contribution in [0.5, 0.6) is 0 Å². The summed E-state index contributed by atoms with van der Waals surface area (Å²) in [5.41, 5.74) is 0.439. The van der Waals surface area contributed by atoms with Gasteiger partial charge in [0.25, 0.3) is 5.56 Å². The van der Waals surface area contributed by atoms with Gasteiger partial charge in [0.2, 0.25) is 0 Å². The third kappa shape index (κ3) is 2.98. The van der Waals surface area contributed by atoms with Crippen molar-refractivity contribution in [3.63, 3.8) is 0 Å². The number of rotatable bonds is 5. The molecule has 1 unspecified atom stereocenters. The molecule has 0 aliphatic rings. The Bertz CT molecular complexity index is 691. The fraction of sp³-hybridized carbons (Fsp3) is 0.529. The number of aromatic nitrogens is 2. The number of halogens is 1. The van der Waals surface area contributed by atoms with Gasteiger partial charge in [0.1, 0.15) is 5.82 Å². The molecule has 1 heterocycles. The average Bonchev–Trinajstić information content (AvgIpc) is 2.45. The number of benzene rings is 1. The summed E-state index contributed by atoms with van der Waals surface area (Å²) in [6.07, 6.45) is 2.66. The first-order valence-corrected chi connectivity index (χ1v) is 8.02. The van der Waals surface area contributed by atoms with Crippen LogP contribution in [-0.2, 0) is 5.54 Å². The molecule has 0 radical (unpaired) electrons. The first-order chi connectivity index (χ1) is 9.92. The van der Waals surface area contributed by atoms with Crippen LogP contribution in [0.25, 0.3) is 10.9 Å². The molecule has 1 atom stereocenters. The maximum Gasteiger partial charge on any atom is 0.261 e. The quantitative estimate of drug-likeness (QED) is 0.755. The van der Waals surface area contributed by atoms with Gasteiger partial charge in [0, 0.05) is 5.54 Å². The summed E-state index contributed by atoms with van der Waals surface area (Å²) in [5, 5.41) is 0.406. The Labute approximate surface area is 131 Å². The summed E-state index contributed by atoms with van der Waals surface area (Å²) in [6.45, 7) is 8.29. The molecule has 0 aliphatic carbocycles. The zero-order valence-corrected chi connectivity index (χ0v) is 13.9. The van der Waals surface area contributed by atoms with Crippen LogP contribution in [0.4, 0.5) is 0 Å². The summed E-state index contributed by atoms with van der Waals surface area (Å²) in [7, 11) is 0. The Hall–Kier alpha value is -1.35. The number of alkyl halides is 1. The lowest BCUT2D eigenvalue weighted by molar-refractivity contribution is 0.301. The molecule has 1 aromatic carbocycles. The lowest BCUT2D eigenvalue weighted by Crippen LogP contribution is -2.39. The molecule has 1 aromatic heterocycles. The summed E-state index contributed by atoms with van der Waals surface area (Å²) in [6, 6.07) is 7.48. The monoisotopic (exact) mass is 306 g/mol. The molecule has 0 saturated heterocycles. The second-order valence-corrected chi connectivity index (χ2v) is 6.59. The van der Waals surface area contributed by atoms with Gasteiger partial charge in [-0.1, -0.05) is 32.4 Å². The average molecular weight is 307 g/mol. The van der Waals surface area contributed by atoms with Crippen molar-refractivity contribution in [2.75, 3.05) is 0 Å². The predicted molar refractivity (Wildman–Crippen MR) is 89.1 cm³/mol. The van der Waals surface area contributed by atoms with Gasteiger partial charge in [0.15, 0.2) is 0 Å². The molecule has 21 heavy (non-hydrogen) atoms. The van der Waals surface area contributed by atoms with Crippen LogP contribution in [0.3, 0.4) is 0 Å². The Balaban J connectivity index is 2.82. The van der Waals surface area contributed by atoms with Crippen LogP contribution in [0.15, 0.2) is 29.1 Å². The molecular formula is C17H23ClN2O. The van der Waals surface area contributed by atoms with Crippen LogP contribution < -0.4 is 5.56 Å². The third-order valence-electron chi connectivity index (χ3n) is 3.91. The number of hydrogen-bond acceptors (Lipinski definition) is 2. The van der Waals surface area contributed by atoms with E-state index >= 15 is 0 Å². The van der Waals surface area contributed by atoms with Crippen LogP contribution in [0.1, 0.15) is 58.2 Å². The maximum atomic E-state index is 13.0. The van der Waals surface area contributed by atoms with Crippen molar-refractivity contribution < 1.29 is 0 Å². The fourth-order valence-electron chi connectivity index (χ4n) is 2.85. The van der Waals surface area contributed by atoms with E-state index in [1.165, 1.54) is 0 Å². The van der Waals surface area contributed by atoms with Gasteiger partial charge in [-0.15, -0.1) is 11.6 Å². The fourth-order valence-corrected chi connectivity index (χ4v) is 3.00. The third-order valence-corrected chi connectivity index (χ3v) is 4.41. The van der Waals surface area contributed by atoms with Crippen molar-refractivity contribution in [3.8, 4) is 0 Å². The number of para-hydroxylation sites is 1. The van der Waals surface area contributed by atoms with Crippen molar-refractivity contribution in [2.45, 2.75) is 57.9 Å². The molecule has 3 nitrogen and oxygen atoms in total. The van der Waals surface area contributed by atoms with Crippen LogP contribution in [-0.4, -0.2) is 9.55 Å². The highest BCUT2D eigenvalue weighted by atomic mass is 35.5. The standard InChI is InChI=1S/C17H23ClN2O/c1-5-11-17(3,4)20-15(13(18)6-2)19-14-10-8-7-9-12(14)16(20)21/h7-10,13H,5-6,11H2,1-4H3. The van der Waals surface area contributed by atoms with E-state index in [9.17, 15) is 4.79 Å². The van der Waals surface area contributed by atoms with Crippen LogP contribution >= 0.6 is 11.6 Å². The summed E-state index contributed by atoms with van der Waals surface area (Å²) >= 11 is 6.45. The highest BCUT2D eigenvalue weighted by Crippen LogP contribution is 2.29. The van der Waals surface area contributed by atoms with Gasteiger partial charge in [-0.2, -0.15) is 0 Å². The van der Waals surface area contributed by atoms with E-state index in [0.29, 0.717) is 11.2 Å². The summed E-state index contributed by atoms with van der Waals surface area (Å²) in [4.78, 5) is 17.6. The Kier molecular flexibility index (Phi) is 4.72. The number of hydrogen-bond donors (Lipinski definition) is 0. The molecule has 0 amide bonds. The minimum Gasteiger partial charge on any atom is -0.289 e. The second kappa shape index (κ2) is 6.18. The highest BCUT2D eigenvalue weighted by Gasteiger charge is 2.27. The van der Waals surface area contributed by atoms with E-state index in [2.05, 4.69) is 25.8 Å². The minimum atomic E-state index is -0.291. The Morgan fingerprint density at radius 1 is 1.29 bits per heavy atom. The Morgan fingerprint density at radius 2 is 1.95 bits per heavy atom. The first-order valence-electron chi connectivity index (χ1n) is 7.58. The summed E-state index contributed by atoms with van der Waals surface area (Å²) in [5.74, 6) is 0.682. The lowest BCUT2D eigenvalue weighted by atomic mass is 9.97. The topological polar surface area (TPSA) is 34.9 Å². The molecule has 2 rings (SSSR count).